The summed E-state index contributed by atoms with van der Waals surface area (Å²) in [6.07, 6.45) is 4.79. The molecule has 1 saturated heterocycles. The summed E-state index contributed by atoms with van der Waals surface area (Å²) < 4.78 is 0. The molecule has 0 aromatic heterocycles. The van der Waals surface area contributed by atoms with E-state index in [2.05, 4.69) is 12.2 Å². The van der Waals surface area contributed by atoms with Crippen molar-refractivity contribution in [3.63, 3.8) is 0 Å². The van der Waals surface area contributed by atoms with E-state index in [0.717, 1.165) is 25.4 Å². The van der Waals surface area contributed by atoms with Gasteiger partial charge < -0.3 is 5.32 Å². The van der Waals surface area contributed by atoms with Gasteiger partial charge >= 0.3 is 0 Å². The Morgan fingerprint density at radius 3 is 2.54 bits per heavy atom. The van der Waals surface area contributed by atoms with Gasteiger partial charge in [-0.15, -0.1) is 0 Å². The van der Waals surface area contributed by atoms with Crippen LogP contribution in [0.3, 0.4) is 0 Å². The minimum absolute atomic E-state index is 0.307. The smallest absolute Gasteiger partial charge is 0.136 e. The standard InChI is InChI=1S/C11H19NO/c1-8(10-6-12-7-10)11(13)5-9-3-2-4-9/h8-10,12H,2-7H2,1H3. The molecule has 1 N–H and O–H groups in total. The molecule has 1 atom stereocenters. The predicted octanol–water partition coefficient (Wildman–Crippen LogP) is 1.60. The van der Waals surface area contributed by atoms with Gasteiger partial charge in [-0.05, 0) is 24.9 Å². The largest absolute Gasteiger partial charge is 0.316 e. The molecular formula is C11H19NO. The van der Waals surface area contributed by atoms with Crippen molar-refractivity contribution in [3.05, 3.63) is 0 Å². The molecule has 2 heteroatoms. The highest BCUT2D eigenvalue weighted by atomic mass is 16.1. The van der Waals surface area contributed by atoms with E-state index in [9.17, 15) is 4.79 Å². The van der Waals surface area contributed by atoms with Gasteiger partial charge in [-0.3, -0.25) is 4.79 Å². The van der Waals surface area contributed by atoms with Crippen LogP contribution in [0.25, 0.3) is 0 Å². The van der Waals surface area contributed by atoms with Gasteiger partial charge in [0.05, 0.1) is 0 Å². The van der Waals surface area contributed by atoms with Crippen molar-refractivity contribution in [3.8, 4) is 0 Å². The second kappa shape index (κ2) is 3.79. The van der Waals surface area contributed by atoms with Crippen LogP contribution in [0.15, 0.2) is 0 Å². The number of ketones is 1. The SMILES string of the molecule is CC(C(=O)CC1CCC1)C1CNC1. The first kappa shape index (κ1) is 9.20. The molecule has 2 nitrogen and oxygen atoms in total. The lowest BCUT2D eigenvalue weighted by Crippen LogP contribution is -2.47. The molecule has 1 unspecified atom stereocenters. The first-order valence-electron chi connectivity index (χ1n) is 5.51. The van der Waals surface area contributed by atoms with E-state index in [1.54, 1.807) is 0 Å². The first-order chi connectivity index (χ1) is 6.27. The minimum Gasteiger partial charge on any atom is -0.316 e. The molecule has 0 amide bonds. The topological polar surface area (TPSA) is 29.1 Å². The number of rotatable bonds is 4. The van der Waals surface area contributed by atoms with Crippen LogP contribution in [0.1, 0.15) is 32.6 Å². The molecule has 2 aliphatic rings. The van der Waals surface area contributed by atoms with Gasteiger partial charge in [0, 0.05) is 12.3 Å². The van der Waals surface area contributed by atoms with Crippen molar-refractivity contribution in [2.45, 2.75) is 32.6 Å². The summed E-state index contributed by atoms with van der Waals surface area (Å²) >= 11 is 0. The summed E-state index contributed by atoms with van der Waals surface area (Å²) in [6.45, 7) is 4.21. The van der Waals surface area contributed by atoms with Crippen LogP contribution >= 0.6 is 0 Å². The normalized spacial score (nSPS) is 26.2. The lowest BCUT2D eigenvalue weighted by Gasteiger charge is -2.33. The van der Waals surface area contributed by atoms with Gasteiger partial charge in [0.15, 0.2) is 0 Å². The Hall–Kier alpha value is -0.370. The van der Waals surface area contributed by atoms with E-state index in [1.165, 1.54) is 19.3 Å². The number of nitrogens with one attached hydrogen (secondary N) is 1. The van der Waals surface area contributed by atoms with E-state index >= 15 is 0 Å². The Morgan fingerprint density at radius 1 is 1.46 bits per heavy atom. The van der Waals surface area contributed by atoms with E-state index in [4.69, 9.17) is 0 Å². The minimum atomic E-state index is 0.307. The molecule has 13 heavy (non-hydrogen) atoms. The molecule has 0 bridgehead atoms. The highest BCUT2D eigenvalue weighted by molar-refractivity contribution is 5.81. The van der Waals surface area contributed by atoms with Crippen LogP contribution in [0.4, 0.5) is 0 Å². The van der Waals surface area contributed by atoms with Crippen molar-refractivity contribution < 1.29 is 4.79 Å². The third-order valence-electron chi connectivity index (χ3n) is 3.74. The van der Waals surface area contributed by atoms with Crippen molar-refractivity contribution in [1.29, 1.82) is 0 Å². The Kier molecular flexibility index (Phi) is 2.68. The van der Waals surface area contributed by atoms with Crippen molar-refractivity contribution in [2.75, 3.05) is 13.1 Å². The Balaban J connectivity index is 1.74. The Morgan fingerprint density at radius 2 is 2.15 bits per heavy atom. The van der Waals surface area contributed by atoms with Crippen molar-refractivity contribution >= 4 is 5.78 Å². The third kappa shape index (κ3) is 1.93. The molecule has 2 rings (SSSR count). The molecule has 0 aromatic carbocycles. The highest BCUT2D eigenvalue weighted by Crippen LogP contribution is 2.31. The first-order valence-corrected chi connectivity index (χ1v) is 5.51. The van der Waals surface area contributed by atoms with Crippen LogP contribution < -0.4 is 5.32 Å². The molecule has 1 heterocycles. The summed E-state index contributed by atoms with van der Waals surface area (Å²) in [7, 11) is 0. The van der Waals surface area contributed by atoms with E-state index < -0.39 is 0 Å². The number of Topliss-reactive ketones (excluding diaryl/α,β-unsaturated/α-hetero) is 1. The summed E-state index contributed by atoms with van der Waals surface area (Å²) in [6, 6.07) is 0. The third-order valence-corrected chi connectivity index (χ3v) is 3.74. The number of carbonyl (C=O) groups excluding carboxylic acids is 1. The molecule has 74 valence electrons. The average Bonchev–Trinajstić information content (AvgIpc) is 1.92. The maximum absolute atomic E-state index is 11.8. The molecule has 1 aliphatic heterocycles. The zero-order valence-corrected chi connectivity index (χ0v) is 8.38. The second-order valence-corrected chi connectivity index (χ2v) is 4.67. The molecular weight excluding hydrogens is 162 g/mol. The van der Waals surface area contributed by atoms with E-state index in [1.807, 2.05) is 0 Å². The molecule has 2 fully saturated rings. The van der Waals surface area contributed by atoms with Gasteiger partial charge in [0.2, 0.25) is 0 Å². The lowest BCUT2D eigenvalue weighted by atomic mass is 9.77. The summed E-state index contributed by atoms with van der Waals surface area (Å²) in [5, 5.41) is 3.23. The Labute approximate surface area is 80.1 Å². The number of carbonyl (C=O) groups is 1. The van der Waals surface area contributed by atoms with Crippen LogP contribution in [0.5, 0.6) is 0 Å². The highest BCUT2D eigenvalue weighted by Gasteiger charge is 2.30. The van der Waals surface area contributed by atoms with Crippen LogP contribution in [-0.2, 0) is 4.79 Å². The number of hydrogen-bond donors (Lipinski definition) is 1. The van der Waals surface area contributed by atoms with Gasteiger partial charge in [-0.2, -0.15) is 0 Å². The maximum atomic E-state index is 11.8. The monoisotopic (exact) mass is 181 g/mol. The molecule has 0 radical (unpaired) electrons. The molecule has 0 aromatic rings. The van der Waals surface area contributed by atoms with Gasteiger partial charge in [-0.1, -0.05) is 26.2 Å². The fraction of sp³-hybridized carbons (Fsp3) is 0.909. The van der Waals surface area contributed by atoms with Gasteiger partial charge in [0.1, 0.15) is 5.78 Å². The summed E-state index contributed by atoms with van der Waals surface area (Å²) in [5.74, 6) is 2.19. The maximum Gasteiger partial charge on any atom is 0.136 e. The van der Waals surface area contributed by atoms with Crippen molar-refractivity contribution in [1.82, 2.24) is 5.32 Å². The molecule has 0 spiro atoms. The molecule has 1 saturated carbocycles. The van der Waals surface area contributed by atoms with Crippen LogP contribution in [-0.4, -0.2) is 18.9 Å². The van der Waals surface area contributed by atoms with Gasteiger partial charge in [0.25, 0.3) is 0 Å². The summed E-state index contributed by atoms with van der Waals surface area (Å²) in [5.41, 5.74) is 0. The van der Waals surface area contributed by atoms with Crippen LogP contribution in [0.2, 0.25) is 0 Å². The number of hydrogen-bond acceptors (Lipinski definition) is 2. The fourth-order valence-corrected chi connectivity index (χ4v) is 2.09. The van der Waals surface area contributed by atoms with Gasteiger partial charge in [-0.25, -0.2) is 0 Å². The predicted molar refractivity (Wildman–Crippen MR) is 52.5 cm³/mol. The fourth-order valence-electron chi connectivity index (χ4n) is 2.09. The zero-order valence-electron chi connectivity index (χ0n) is 8.38. The van der Waals surface area contributed by atoms with E-state index in [0.29, 0.717) is 17.6 Å². The zero-order chi connectivity index (χ0) is 9.26. The summed E-state index contributed by atoms with van der Waals surface area (Å²) in [4.78, 5) is 11.8. The molecule has 1 aliphatic carbocycles. The second-order valence-electron chi connectivity index (χ2n) is 4.67. The van der Waals surface area contributed by atoms with E-state index in [-0.39, 0.29) is 0 Å². The van der Waals surface area contributed by atoms with Crippen molar-refractivity contribution in [2.24, 2.45) is 17.8 Å². The van der Waals surface area contributed by atoms with Crippen LogP contribution in [0, 0.1) is 17.8 Å². The quantitative estimate of drug-likeness (QED) is 0.713. The average molecular weight is 181 g/mol. The lowest BCUT2D eigenvalue weighted by molar-refractivity contribution is -0.126. The Bertz CT molecular complexity index is 194.